The van der Waals surface area contributed by atoms with Gasteiger partial charge in [0.25, 0.3) is 5.91 Å². The monoisotopic (exact) mass is 259 g/mol. The highest BCUT2D eigenvalue weighted by atomic mass is 16.5. The fraction of sp³-hybridized carbons (Fsp3) is 0.429. The van der Waals surface area contributed by atoms with Gasteiger partial charge in [-0.05, 0) is 12.1 Å². The van der Waals surface area contributed by atoms with Crippen LogP contribution in [-0.2, 0) is 9.53 Å². The molecule has 19 heavy (non-hydrogen) atoms. The van der Waals surface area contributed by atoms with Gasteiger partial charge in [0, 0.05) is 38.8 Å². The first-order valence-electron chi connectivity index (χ1n) is 6.60. The topological polar surface area (TPSA) is 45.7 Å². The molecule has 1 aromatic rings. The summed E-state index contributed by atoms with van der Waals surface area (Å²) in [6.07, 6.45) is 4.14. The average molecular weight is 259 g/mol. The predicted octanol–water partition coefficient (Wildman–Crippen LogP) is 1.03. The van der Waals surface area contributed by atoms with Crippen molar-refractivity contribution in [1.29, 1.82) is 0 Å². The largest absolute Gasteiger partial charge is 0.500 e. The summed E-state index contributed by atoms with van der Waals surface area (Å²) >= 11 is 0. The summed E-state index contributed by atoms with van der Waals surface area (Å²) in [5, 5.41) is 0. The number of nitrogens with zero attached hydrogens (tertiary/aromatic N) is 3. The molecule has 2 aliphatic heterocycles. The lowest BCUT2D eigenvalue weighted by Gasteiger charge is -2.35. The fourth-order valence-electron chi connectivity index (χ4n) is 2.43. The van der Waals surface area contributed by atoms with Crippen molar-refractivity contribution in [1.82, 2.24) is 9.88 Å². The number of ether oxygens (including phenoxy) is 1. The van der Waals surface area contributed by atoms with Crippen molar-refractivity contribution in [3.05, 3.63) is 36.2 Å². The van der Waals surface area contributed by atoms with E-state index in [9.17, 15) is 4.79 Å². The summed E-state index contributed by atoms with van der Waals surface area (Å²) in [6.45, 7) is 3.78. The molecule has 0 bridgehead atoms. The molecule has 0 spiro atoms. The molecule has 0 atom stereocenters. The van der Waals surface area contributed by atoms with E-state index in [0.717, 1.165) is 44.0 Å². The summed E-state index contributed by atoms with van der Waals surface area (Å²) in [7, 11) is 0. The minimum Gasteiger partial charge on any atom is -0.500 e. The molecule has 1 amide bonds. The Labute approximate surface area is 112 Å². The Morgan fingerprint density at radius 2 is 2.05 bits per heavy atom. The Morgan fingerprint density at radius 1 is 1.21 bits per heavy atom. The molecule has 100 valence electrons. The van der Waals surface area contributed by atoms with Gasteiger partial charge < -0.3 is 14.5 Å². The van der Waals surface area contributed by atoms with E-state index in [-0.39, 0.29) is 5.91 Å². The minimum absolute atomic E-state index is 0.123. The van der Waals surface area contributed by atoms with Crippen molar-refractivity contribution in [2.75, 3.05) is 37.7 Å². The number of anilines is 1. The van der Waals surface area contributed by atoms with Crippen molar-refractivity contribution in [2.24, 2.45) is 0 Å². The zero-order chi connectivity index (χ0) is 13.1. The summed E-state index contributed by atoms with van der Waals surface area (Å²) < 4.78 is 5.13. The summed E-state index contributed by atoms with van der Waals surface area (Å²) in [5.74, 6) is 1.11. The van der Waals surface area contributed by atoms with Gasteiger partial charge in [0.1, 0.15) is 5.82 Å². The van der Waals surface area contributed by atoms with E-state index in [0.29, 0.717) is 6.61 Å². The van der Waals surface area contributed by atoms with E-state index < -0.39 is 0 Å². The molecule has 0 aliphatic carbocycles. The molecule has 0 radical (unpaired) electrons. The molecule has 5 nitrogen and oxygen atoms in total. The van der Waals surface area contributed by atoms with E-state index in [4.69, 9.17) is 4.74 Å². The SMILES string of the molecule is O=C(C1=COCC1)N1CCN(c2ccccn2)CC1. The number of rotatable bonds is 2. The highest BCUT2D eigenvalue weighted by Gasteiger charge is 2.25. The predicted molar refractivity (Wildman–Crippen MR) is 71.7 cm³/mol. The quantitative estimate of drug-likeness (QED) is 0.796. The van der Waals surface area contributed by atoms with Crippen molar-refractivity contribution >= 4 is 11.7 Å². The first-order chi connectivity index (χ1) is 9.34. The van der Waals surface area contributed by atoms with Crippen molar-refractivity contribution in [2.45, 2.75) is 6.42 Å². The van der Waals surface area contributed by atoms with E-state index in [1.807, 2.05) is 23.1 Å². The Morgan fingerprint density at radius 3 is 2.68 bits per heavy atom. The number of hydrogen-bond donors (Lipinski definition) is 0. The van der Waals surface area contributed by atoms with Gasteiger partial charge in [-0.25, -0.2) is 4.98 Å². The maximum absolute atomic E-state index is 12.2. The van der Waals surface area contributed by atoms with Crippen LogP contribution in [0.3, 0.4) is 0 Å². The van der Waals surface area contributed by atoms with Gasteiger partial charge in [0.15, 0.2) is 0 Å². The molecular formula is C14H17N3O2. The standard InChI is InChI=1S/C14H17N3O2/c18-14(12-4-10-19-11-12)17-8-6-16(7-9-17)13-3-1-2-5-15-13/h1-3,5,11H,4,6-10H2. The van der Waals surface area contributed by atoms with Gasteiger partial charge in [0.2, 0.25) is 0 Å². The van der Waals surface area contributed by atoms with Crippen molar-refractivity contribution in [3.8, 4) is 0 Å². The Bertz CT molecular complexity index is 479. The number of pyridine rings is 1. The maximum Gasteiger partial charge on any atom is 0.253 e. The van der Waals surface area contributed by atoms with Gasteiger partial charge in [-0.1, -0.05) is 6.07 Å². The lowest BCUT2D eigenvalue weighted by Crippen LogP contribution is -2.49. The molecule has 5 heteroatoms. The van der Waals surface area contributed by atoms with E-state index in [1.54, 1.807) is 12.5 Å². The normalized spacial score (nSPS) is 19.1. The lowest BCUT2D eigenvalue weighted by molar-refractivity contribution is -0.127. The van der Waals surface area contributed by atoms with Crippen LogP contribution in [0, 0.1) is 0 Å². The van der Waals surface area contributed by atoms with Crippen molar-refractivity contribution < 1.29 is 9.53 Å². The smallest absolute Gasteiger partial charge is 0.253 e. The average Bonchev–Trinajstić information content (AvgIpc) is 3.02. The zero-order valence-corrected chi connectivity index (χ0v) is 10.8. The van der Waals surface area contributed by atoms with Crippen LogP contribution in [0.1, 0.15) is 6.42 Å². The van der Waals surface area contributed by atoms with Crippen LogP contribution in [0.5, 0.6) is 0 Å². The third-order valence-electron chi connectivity index (χ3n) is 3.53. The summed E-state index contributed by atoms with van der Waals surface area (Å²) in [4.78, 5) is 20.6. The first-order valence-corrected chi connectivity index (χ1v) is 6.60. The van der Waals surface area contributed by atoms with Crippen LogP contribution in [-0.4, -0.2) is 48.6 Å². The summed E-state index contributed by atoms with van der Waals surface area (Å²) in [5.41, 5.74) is 0.797. The van der Waals surface area contributed by atoms with Crippen LogP contribution >= 0.6 is 0 Å². The highest BCUT2D eigenvalue weighted by Crippen LogP contribution is 2.17. The van der Waals surface area contributed by atoms with Crippen LogP contribution in [0.2, 0.25) is 0 Å². The van der Waals surface area contributed by atoms with Crippen LogP contribution in [0.4, 0.5) is 5.82 Å². The van der Waals surface area contributed by atoms with Gasteiger partial charge in [0.05, 0.1) is 18.4 Å². The van der Waals surface area contributed by atoms with E-state index in [1.165, 1.54) is 0 Å². The molecule has 1 saturated heterocycles. The third kappa shape index (κ3) is 2.54. The van der Waals surface area contributed by atoms with Gasteiger partial charge in [-0.3, -0.25) is 4.79 Å². The Balaban J connectivity index is 1.59. The molecule has 1 fully saturated rings. The van der Waals surface area contributed by atoms with Crippen LogP contribution in [0.25, 0.3) is 0 Å². The van der Waals surface area contributed by atoms with Crippen LogP contribution in [0.15, 0.2) is 36.2 Å². The molecule has 0 saturated carbocycles. The lowest BCUT2D eigenvalue weighted by atomic mass is 10.2. The zero-order valence-electron chi connectivity index (χ0n) is 10.8. The van der Waals surface area contributed by atoms with E-state index in [2.05, 4.69) is 9.88 Å². The molecule has 2 aliphatic rings. The number of amides is 1. The summed E-state index contributed by atoms with van der Waals surface area (Å²) in [6, 6.07) is 5.90. The number of piperazine rings is 1. The minimum atomic E-state index is 0.123. The first kappa shape index (κ1) is 12.0. The van der Waals surface area contributed by atoms with Gasteiger partial charge in [-0.2, -0.15) is 0 Å². The van der Waals surface area contributed by atoms with E-state index >= 15 is 0 Å². The second-order valence-electron chi connectivity index (χ2n) is 4.73. The molecule has 0 unspecified atom stereocenters. The van der Waals surface area contributed by atoms with Gasteiger partial charge >= 0.3 is 0 Å². The molecule has 1 aromatic heterocycles. The Hall–Kier alpha value is -2.04. The molecule has 3 heterocycles. The molecule has 0 N–H and O–H groups in total. The highest BCUT2D eigenvalue weighted by molar-refractivity contribution is 5.93. The molecular weight excluding hydrogens is 242 g/mol. The number of aromatic nitrogens is 1. The number of carbonyl (C=O) groups excluding carboxylic acids is 1. The Kier molecular flexibility index (Phi) is 3.35. The molecule has 0 aromatic carbocycles. The van der Waals surface area contributed by atoms with Crippen LogP contribution < -0.4 is 4.90 Å². The third-order valence-corrected chi connectivity index (χ3v) is 3.53. The second-order valence-corrected chi connectivity index (χ2v) is 4.73. The van der Waals surface area contributed by atoms with Crippen molar-refractivity contribution in [3.63, 3.8) is 0 Å². The van der Waals surface area contributed by atoms with Gasteiger partial charge in [-0.15, -0.1) is 0 Å². The number of carbonyl (C=O) groups is 1. The number of hydrogen-bond acceptors (Lipinski definition) is 4. The maximum atomic E-state index is 12.2. The molecule has 3 rings (SSSR count). The fourth-order valence-corrected chi connectivity index (χ4v) is 2.43. The second kappa shape index (κ2) is 5.30.